The van der Waals surface area contributed by atoms with Crippen LogP contribution in [0.3, 0.4) is 0 Å². The lowest BCUT2D eigenvalue weighted by Crippen LogP contribution is -2.43. The predicted molar refractivity (Wildman–Crippen MR) is 70.8 cm³/mol. The van der Waals surface area contributed by atoms with Gasteiger partial charge in [-0.15, -0.1) is 0 Å². The summed E-state index contributed by atoms with van der Waals surface area (Å²) in [6, 6.07) is 5.27. The molecule has 0 bridgehead atoms. The van der Waals surface area contributed by atoms with Crippen LogP contribution in [0.2, 0.25) is 0 Å². The highest BCUT2D eigenvalue weighted by Gasteiger charge is 2.37. The second-order valence-corrected chi connectivity index (χ2v) is 5.77. The van der Waals surface area contributed by atoms with Gasteiger partial charge >= 0.3 is 0 Å². The number of aryl methyl sites for hydroxylation is 1. The average molecular weight is 251 g/mol. The predicted octanol–water partition coefficient (Wildman–Crippen LogP) is 2.73. The molecule has 0 amide bonds. The van der Waals surface area contributed by atoms with E-state index in [9.17, 15) is 9.50 Å². The van der Waals surface area contributed by atoms with Crippen LogP contribution in [-0.4, -0.2) is 30.2 Å². The molecule has 1 aromatic rings. The van der Waals surface area contributed by atoms with Crippen LogP contribution in [0.15, 0.2) is 18.2 Å². The maximum Gasteiger partial charge on any atom is 0.126 e. The van der Waals surface area contributed by atoms with Crippen LogP contribution in [0.5, 0.6) is 0 Å². The second kappa shape index (κ2) is 5.37. The molecule has 2 rings (SSSR count). The van der Waals surface area contributed by atoms with E-state index in [1.165, 1.54) is 12.5 Å². The van der Waals surface area contributed by atoms with Crippen molar-refractivity contribution in [2.75, 3.05) is 20.2 Å². The Labute approximate surface area is 108 Å². The Hall–Kier alpha value is -0.930. The van der Waals surface area contributed by atoms with E-state index in [0.29, 0.717) is 5.56 Å². The fraction of sp³-hybridized carbons (Fsp3) is 0.600. The highest BCUT2D eigenvalue weighted by Crippen LogP contribution is 2.40. The number of rotatable bonds is 5. The molecule has 1 saturated carbocycles. The first-order chi connectivity index (χ1) is 8.54. The van der Waals surface area contributed by atoms with Gasteiger partial charge in [0, 0.05) is 25.1 Å². The Morgan fingerprint density at radius 2 is 2.11 bits per heavy atom. The third kappa shape index (κ3) is 2.90. The zero-order valence-corrected chi connectivity index (χ0v) is 11.2. The van der Waals surface area contributed by atoms with Crippen LogP contribution in [-0.2, 0) is 6.54 Å². The van der Waals surface area contributed by atoms with Crippen LogP contribution in [0, 0.1) is 18.2 Å². The quantitative estimate of drug-likeness (QED) is 0.869. The highest BCUT2D eigenvalue weighted by molar-refractivity contribution is 5.23. The molecular weight excluding hydrogens is 229 g/mol. The molecule has 3 heteroatoms. The van der Waals surface area contributed by atoms with Crippen LogP contribution in [0.4, 0.5) is 4.39 Å². The van der Waals surface area contributed by atoms with Gasteiger partial charge < -0.3 is 10.0 Å². The number of halogens is 1. The molecule has 1 aromatic carbocycles. The molecule has 0 aromatic heterocycles. The zero-order chi connectivity index (χ0) is 13.2. The first-order valence-electron chi connectivity index (χ1n) is 6.59. The molecule has 0 aliphatic heterocycles. The highest BCUT2D eigenvalue weighted by atomic mass is 19.1. The van der Waals surface area contributed by atoms with E-state index in [1.54, 1.807) is 6.92 Å². The Balaban J connectivity index is 1.94. The Morgan fingerprint density at radius 3 is 2.61 bits per heavy atom. The van der Waals surface area contributed by atoms with E-state index in [1.807, 2.05) is 12.1 Å². The minimum atomic E-state index is -0.146. The third-order valence-electron chi connectivity index (χ3n) is 4.03. The van der Waals surface area contributed by atoms with Crippen molar-refractivity contribution in [2.24, 2.45) is 5.41 Å². The largest absolute Gasteiger partial charge is 0.396 e. The molecular formula is C15H22FNO. The minimum absolute atomic E-state index is 0.115. The van der Waals surface area contributed by atoms with Crippen molar-refractivity contribution < 1.29 is 9.50 Å². The van der Waals surface area contributed by atoms with Crippen LogP contribution in [0.25, 0.3) is 0 Å². The molecule has 1 fully saturated rings. The van der Waals surface area contributed by atoms with Gasteiger partial charge in [-0.2, -0.15) is 0 Å². The van der Waals surface area contributed by atoms with Gasteiger partial charge in [-0.3, -0.25) is 0 Å². The summed E-state index contributed by atoms with van der Waals surface area (Å²) in [4.78, 5) is 2.22. The van der Waals surface area contributed by atoms with Crippen molar-refractivity contribution in [1.82, 2.24) is 4.90 Å². The number of hydrogen-bond donors (Lipinski definition) is 1. The first kappa shape index (κ1) is 13.5. The fourth-order valence-corrected chi connectivity index (χ4v) is 2.79. The van der Waals surface area contributed by atoms with E-state index < -0.39 is 0 Å². The van der Waals surface area contributed by atoms with Gasteiger partial charge in [0.15, 0.2) is 0 Å². The Bertz CT molecular complexity index is 409. The van der Waals surface area contributed by atoms with Gasteiger partial charge in [0.1, 0.15) is 5.82 Å². The van der Waals surface area contributed by atoms with Crippen LogP contribution < -0.4 is 0 Å². The lowest BCUT2D eigenvalue weighted by molar-refractivity contribution is 0.0127. The molecule has 0 heterocycles. The van der Waals surface area contributed by atoms with Crippen molar-refractivity contribution >= 4 is 0 Å². The maximum atomic E-state index is 13.2. The van der Waals surface area contributed by atoms with E-state index in [2.05, 4.69) is 11.9 Å². The number of benzene rings is 1. The van der Waals surface area contributed by atoms with Gasteiger partial charge in [0.05, 0.1) is 0 Å². The smallest absolute Gasteiger partial charge is 0.126 e. The molecule has 100 valence electrons. The lowest BCUT2D eigenvalue weighted by Gasteiger charge is -2.43. The summed E-state index contributed by atoms with van der Waals surface area (Å²) in [6.45, 7) is 3.79. The molecule has 1 aliphatic rings. The van der Waals surface area contributed by atoms with Crippen molar-refractivity contribution in [3.8, 4) is 0 Å². The monoisotopic (exact) mass is 251 g/mol. The fourth-order valence-electron chi connectivity index (χ4n) is 2.79. The van der Waals surface area contributed by atoms with Crippen molar-refractivity contribution in [1.29, 1.82) is 0 Å². The van der Waals surface area contributed by atoms with Gasteiger partial charge in [-0.05, 0) is 44.0 Å². The van der Waals surface area contributed by atoms with Gasteiger partial charge in [-0.1, -0.05) is 18.6 Å². The SMILES string of the molecule is Cc1cc(CN(C)CC2(CO)CCC2)ccc1F. The van der Waals surface area contributed by atoms with Crippen molar-refractivity contribution in [3.63, 3.8) is 0 Å². The molecule has 2 nitrogen and oxygen atoms in total. The van der Waals surface area contributed by atoms with E-state index in [-0.39, 0.29) is 17.8 Å². The van der Waals surface area contributed by atoms with E-state index >= 15 is 0 Å². The Morgan fingerprint density at radius 1 is 1.39 bits per heavy atom. The minimum Gasteiger partial charge on any atom is -0.396 e. The standard InChI is InChI=1S/C15H22FNO/c1-12-8-13(4-5-14(12)16)9-17(2)10-15(11-18)6-3-7-15/h4-5,8,18H,3,6-7,9-11H2,1-2H3. The summed E-state index contributed by atoms with van der Waals surface area (Å²) in [6.07, 6.45) is 3.47. The number of hydrogen-bond acceptors (Lipinski definition) is 2. The molecule has 1 N–H and O–H groups in total. The van der Waals surface area contributed by atoms with Gasteiger partial charge in [0.25, 0.3) is 0 Å². The molecule has 0 saturated heterocycles. The maximum absolute atomic E-state index is 13.2. The summed E-state index contributed by atoms with van der Waals surface area (Å²) in [5, 5.41) is 9.46. The molecule has 1 aliphatic carbocycles. The molecule has 0 unspecified atom stereocenters. The number of aliphatic hydroxyl groups excluding tert-OH is 1. The summed E-state index contributed by atoms with van der Waals surface area (Å²) < 4.78 is 13.2. The molecule has 18 heavy (non-hydrogen) atoms. The van der Waals surface area contributed by atoms with Crippen LogP contribution >= 0.6 is 0 Å². The summed E-state index contributed by atoms with van der Waals surface area (Å²) in [7, 11) is 2.06. The van der Waals surface area contributed by atoms with Crippen molar-refractivity contribution in [2.45, 2.75) is 32.7 Å². The normalized spacial score (nSPS) is 17.8. The summed E-state index contributed by atoms with van der Waals surface area (Å²) >= 11 is 0. The van der Waals surface area contributed by atoms with Crippen LogP contribution in [0.1, 0.15) is 30.4 Å². The number of nitrogens with zero attached hydrogens (tertiary/aromatic N) is 1. The summed E-state index contributed by atoms with van der Waals surface area (Å²) in [5.74, 6) is -0.146. The molecule has 0 spiro atoms. The van der Waals surface area contributed by atoms with Crippen molar-refractivity contribution in [3.05, 3.63) is 35.1 Å². The Kier molecular flexibility index (Phi) is 4.03. The molecule has 0 radical (unpaired) electrons. The van der Waals surface area contributed by atoms with Gasteiger partial charge in [0.2, 0.25) is 0 Å². The number of aliphatic hydroxyl groups is 1. The topological polar surface area (TPSA) is 23.5 Å². The zero-order valence-electron chi connectivity index (χ0n) is 11.2. The van der Waals surface area contributed by atoms with Gasteiger partial charge in [-0.25, -0.2) is 4.39 Å². The average Bonchev–Trinajstić information content (AvgIpc) is 2.29. The lowest BCUT2D eigenvalue weighted by atomic mass is 9.69. The van der Waals surface area contributed by atoms with E-state index in [4.69, 9.17) is 0 Å². The first-order valence-corrected chi connectivity index (χ1v) is 6.59. The third-order valence-corrected chi connectivity index (χ3v) is 4.03. The second-order valence-electron chi connectivity index (χ2n) is 5.77. The summed E-state index contributed by atoms with van der Waals surface area (Å²) in [5.41, 5.74) is 1.94. The van der Waals surface area contributed by atoms with E-state index in [0.717, 1.165) is 31.5 Å². The molecule has 0 atom stereocenters.